The van der Waals surface area contributed by atoms with Gasteiger partial charge in [0.05, 0.1) is 0 Å². The molecule has 1 aromatic rings. The molecule has 4 nitrogen and oxygen atoms in total. The summed E-state index contributed by atoms with van der Waals surface area (Å²) in [5.74, 6) is 0. The average molecular weight is 387 g/mol. The van der Waals surface area contributed by atoms with Gasteiger partial charge in [-0.3, -0.25) is 0 Å². The smallest absolute Gasteiger partial charge is 0.202 e. The van der Waals surface area contributed by atoms with Crippen LogP contribution in [-0.4, -0.2) is 15.0 Å². The van der Waals surface area contributed by atoms with Crippen molar-refractivity contribution in [1.29, 1.82) is 0 Å². The molecule has 0 aliphatic carbocycles. The van der Waals surface area contributed by atoms with Gasteiger partial charge >= 0.3 is 0 Å². The van der Waals surface area contributed by atoms with Crippen molar-refractivity contribution in [3.63, 3.8) is 0 Å². The Morgan fingerprint density at radius 3 is 2.64 bits per heavy atom. The molecule has 0 saturated carbocycles. The molecule has 6 heteroatoms. The summed E-state index contributed by atoms with van der Waals surface area (Å²) in [5, 5.41) is 0. The van der Waals surface area contributed by atoms with Crippen molar-refractivity contribution in [2.75, 3.05) is 6.54 Å². The summed E-state index contributed by atoms with van der Waals surface area (Å²) in [6, 6.07) is 7.87. The molecule has 0 spiro atoms. The van der Waals surface area contributed by atoms with Gasteiger partial charge in [0.1, 0.15) is 0 Å². The molecule has 0 aromatic heterocycles. The zero-order valence-electron chi connectivity index (χ0n) is 12.8. The quantitative estimate of drug-likeness (QED) is 0.478. The van der Waals surface area contributed by atoms with Crippen LogP contribution >= 0.6 is 15.9 Å². The van der Waals surface area contributed by atoms with Crippen molar-refractivity contribution < 1.29 is 8.42 Å². The molecule has 0 aliphatic rings. The SMILES string of the molecule is CCCCNS(=O)(=O)NCc1ccccc1CCC=C=CBr. The maximum absolute atomic E-state index is 11.8. The molecule has 0 fully saturated rings. The van der Waals surface area contributed by atoms with Gasteiger partial charge in [-0.2, -0.15) is 13.1 Å². The van der Waals surface area contributed by atoms with Crippen LogP contribution in [0.15, 0.2) is 41.1 Å². The molecule has 22 heavy (non-hydrogen) atoms. The maximum atomic E-state index is 11.8. The molecule has 0 amide bonds. The molecule has 122 valence electrons. The molecular weight excluding hydrogens is 364 g/mol. The van der Waals surface area contributed by atoms with Crippen molar-refractivity contribution in [2.45, 2.75) is 39.2 Å². The zero-order chi connectivity index (χ0) is 16.3. The summed E-state index contributed by atoms with van der Waals surface area (Å²) >= 11 is 3.17. The Kier molecular flexibility index (Phi) is 9.36. The van der Waals surface area contributed by atoms with E-state index in [1.807, 2.05) is 37.3 Å². The molecule has 0 saturated heterocycles. The van der Waals surface area contributed by atoms with Gasteiger partial charge in [0, 0.05) is 18.1 Å². The maximum Gasteiger partial charge on any atom is 0.277 e. The largest absolute Gasteiger partial charge is 0.277 e. The van der Waals surface area contributed by atoms with E-state index in [1.165, 1.54) is 0 Å². The van der Waals surface area contributed by atoms with Crippen LogP contribution in [0.5, 0.6) is 0 Å². The summed E-state index contributed by atoms with van der Waals surface area (Å²) in [7, 11) is -3.43. The summed E-state index contributed by atoms with van der Waals surface area (Å²) in [4.78, 5) is 1.69. The van der Waals surface area contributed by atoms with Crippen molar-refractivity contribution in [1.82, 2.24) is 9.44 Å². The summed E-state index contributed by atoms with van der Waals surface area (Å²) in [6.45, 7) is 2.80. The predicted octanol–water partition coefficient (Wildman–Crippen LogP) is 3.41. The van der Waals surface area contributed by atoms with Gasteiger partial charge in [0.2, 0.25) is 0 Å². The molecule has 0 aliphatic heterocycles. The second-order valence-corrected chi connectivity index (χ2v) is 6.90. The highest BCUT2D eigenvalue weighted by Crippen LogP contribution is 2.11. The average Bonchev–Trinajstić information content (AvgIpc) is 2.51. The highest BCUT2D eigenvalue weighted by Gasteiger charge is 2.09. The minimum absolute atomic E-state index is 0.301. The van der Waals surface area contributed by atoms with Gasteiger partial charge in [0.25, 0.3) is 10.2 Å². The van der Waals surface area contributed by atoms with Gasteiger partial charge in [-0.15, -0.1) is 5.73 Å². The lowest BCUT2D eigenvalue weighted by Crippen LogP contribution is -2.36. The van der Waals surface area contributed by atoms with Crippen molar-refractivity contribution >= 4 is 26.1 Å². The molecular formula is C16H23BrN2O2S. The van der Waals surface area contributed by atoms with Crippen LogP contribution in [-0.2, 0) is 23.2 Å². The molecule has 1 rings (SSSR count). The van der Waals surface area contributed by atoms with E-state index in [-0.39, 0.29) is 0 Å². The first-order valence-corrected chi connectivity index (χ1v) is 9.79. The van der Waals surface area contributed by atoms with Crippen LogP contribution in [0.3, 0.4) is 0 Å². The molecule has 2 N–H and O–H groups in total. The van der Waals surface area contributed by atoms with Gasteiger partial charge in [-0.25, -0.2) is 4.72 Å². The van der Waals surface area contributed by atoms with E-state index in [9.17, 15) is 8.42 Å². The van der Waals surface area contributed by atoms with Gasteiger partial charge in [-0.05, 0) is 36.5 Å². The Morgan fingerprint density at radius 2 is 1.95 bits per heavy atom. The predicted molar refractivity (Wildman–Crippen MR) is 95.0 cm³/mol. The van der Waals surface area contributed by atoms with Crippen molar-refractivity contribution in [3.05, 3.63) is 52.2 Å². The molecule has 0 atom stereocenters. The van der Waals surface area contributed by atoms with Crippen molar-refractivity contribution in [3.8, 4) is 0 Å². The van der Waals surface area contributed by atoms with E-state index in [2.05, 4.69) is 31.1 Å². The zero-order valence-corrected chi connectivity index (χ0v) is 15.2. The normalized spacial score (nSPS) is 11.0. The lowest BCUT2D eigenvalue weighted by molar-refractivity contribution is 0.563. The highest BCUT2D eigenvalue weighted by atomic mass is 79.9. The van der Waals surface area contributed by atoms with E-state index in [1.54, 1.807) is 4.99 Å². The topological polar surface area (TPSA) is 58.2 Å². The summed E-state index contributed by atoms with van der Waals surface area (Å²) in [6.07, 6.45) is 5.46. The van der Waals surface area contributed by atoms with E-state index in [0.29, 0.717) is 13.1 Å². The molecule has 0 bridgehead atoms. The molecule has 0 unspecified atom stereocenters. The lowest BCUT2D eigenvalue weighted by Gasteiger charge is -2.11. The molecule has 1 aromatic carbocycles. The number of rotatable bonds is 10. The molecule has 0 heterocycles. The second kappa shape index (κ2) is 10.8. The first-order valence-electron chi connectivity index (χ1n) is 7.39. The minimum atomic E-state index is -3.43. The van der Waals surface area contributed by atoms with E-state index in [4.69, 9.17) is 0 Å². The third kappa shape index (κ3) is 7.92. The first kappa shape index (κ1) is 19.1. The van der Waals surface area contributed by atoms with Crippen LogP contribution in [0, 0.1) is 0 Å². The number of benzene rings is 1. The Balaban J connectivity index is 2.59. The number of hydrogen-bond donors (Lipinski definition) is 2. The number of halogens is 1. The number of unbranched alkanes of at least 4 members (excludes halogenated alkanes) is 1. The Hall–Kier alpha value is -0.910. The second-order valence-electron chi connectivity index (χ2n) is 4.86. The van der Waals surface area contributed by atoms with E-state index in [0.717, 1.165) is 36.8 Å². The fraction of sp³-hybridized carbons (Fsp3) is 0.438. The highest BCUT2D eigenvalue weighted by molar-refractivity contribution is 9.11. The van der Waals surface area contributed by atoms with Crippen LogP contribution in [0.25, 0.3) is 0 Å². The van der Waals surface area contributed by atoms with Crippen LogP contribution < -0.4 is 9.44 Å². The fourth-order valence-electron chi connectivity index (χ4n) is 1.94. The molecule has 0 radical (unpaired) electrons. The third-order valence-corrected chi connectivity index (χ3v) is 4.51. The van der Waals surface area contributed by atoms with Gasteiger partial charge < -0.3 is 0 Å². The monoisotopic (exact) mass is 386 g/mol. The first-order chi connectivity index (χ1) is 10.6. The Labute approximate surface area is 142 Å². The Bertz CT molecular complexity index is 608. The van der Waals surface area contributed by atoms with E-state index >= 15 is 0 Å². The summed E-state index contributed by atoms with van der Waals surface area (Å²) < 4.78 is 28.8. The van der Waals surface area contributed by atoms with Crippen LogP contribution in [0.2, 0.25) is 0 Å². The third-order valence-electron chi connectivity index (χ3n) is 3.13. The van der Waals surface area contributed by atoms with E-state index < -0.39 is 10.2 Å². The van der Waals surface area contributed by atoms with Crippen LogP contribution in [0.4, 0.5) is 0 Å². The number of hydrogen-bond acceptors (Lipinski definition) is 2. The summed E-state index contributed by atoms with van der Waals surface area (Å²) in [5.41, 5.74) is 5.11. The number of aryl methyl sites for hydroxylation is 1. The standard InChI is InChI=1S/C16H23BrN2O2S/c1-2-3-13-18-22(20,21)19-14-16-11-7-6-10-15(16)9-5-4-8-12-17/h4,6-7,10-12,18-19H,2-3,5,9,13-14H2,1H3. The van der Waals surface area contributed by atoms with Gasteiger partial charge in [-0.1, -0.05) is 53.5 Å². The Morgan fingerprint density at radius 1 is 1.23 bits per heavy atom. The van der Waals surface area contributed by atoms with Gasteiger partial charge in [0.15, 0.2) is 0 Å². The van der Waals surface area contributed by atoms with Crippen LogP contribution in [0.1, 0.15) is 37.3 Å². The number of nitrogens with one attached hydrogen (secondary N) is 2. The fourth-order valence-corrected chi connectivity index (χ4v) is 2.98. The van der Waals surface area contributed by atoms with Crippen molar-refractivity contribution in [2.24, 2.45) is 0 Å². The minimum Gasteiger partial charge on any atom is -0.202 e. The lowest BCUT2D eigenvalue weighted by atomic mass is 10.0. The number of allylic oxidation sites excluding steroid dienone is 1.